The molecule has 0 fully saturated rings. The fourth-order valence-corrected chi connectivity index (χ4v) is 2.52. The van der Waals surface area contributed by atoms with Gasteiger partial charge in [-0.25, -0.2) is 0 Å². The Labute approximate surface area is 135 Å². The number of benzene rings is 2. The second-order valence-electron chi connectivity index (χ2n) is 5.13. The Hall–Kier alpha value is -3.37. The van der Waals surface area contributed by atoms with Crippen LogP contribution in [0.25, 0.3) is 5.57 Å². The van der Waals surface area contributed by atoms with E-state index in [1.807, 2.05) is 41.4 Å². The number of anilines is 1. The van der Waals surface area contributed by atoms with Gasteiger partial charge in [0, 0.05) is 18.5 Å². The third-order valence-corrected chi connectivity index (χ3v) is 3.65. The maximum absolute atomic E-state index is 9.45. The van der Waals surface area contributed by atoms with Crippen molar-refractivity contribution in [3.63, 3.8) is 0 Å². The van der Waals surface area contributed by atoms with Crippen LogP contribution in [0.15, 0.2) is 65.8 Å². The van der Waals surface area contributed by atoms with Gasteiger partial charge in [-0.2, -0.15) is 15.6 Å². The van der Waals surface area contributed by atoms with Crippen LogP contribution in [0.1, 0.15) is 17.5 Å². The zero-order valence-corrected chi connectivity index (χ0v) is 12.5. The monoisotopic (exact) mass is 298 g/mol. The molecule has 0 aromatic heterocycles. The summed E-state index contributed by atoms with van der Waals surface area (Å²) in [5, 5.41) is 25.1. The number of hydrogen-bond acceptors (Lipinski definition) is 4. The van der Waals surface area contributed by atoms with E-state index in [0.717, 1.165) is 24.4 Å². The zero-order chi connectivity index (χ0) is 16.1. The van der Waals surface area contributed by atoms with Crippen molar-refractivity contribution in [1.29, 1.82) is 10.5 Å². The molecular weight excluding hydrogens is 284 g/mol. The van der Waals surface area contributed by atoms with Gasteiger partial charge in [-0.1, -0.05) is 36.4 Å². The van der Waals surface area contributed by atoms with E-state index in [4.69, 9.17) is 0 Å². The molecule has 1 heterocycles. The summed E-state index contributed by atoms with van der Waals surface area (Å²) in [5.74, 6) is 0. The molecule has 23 heavy (non-hydrogen) atoms. The number of rotatable bonds is 3. The summed E-state index contributed by atoms with van der Waals surface area (Å²) in [6.07, 6.45) is 2.55. The van der Waals surface area contributed by atoms with Gasteiger partial charge in [0.25, 0.3) is 0 Å². The van der Waals surface area contributed by atoms with E-state index >= 15 is 0 Å². The average Bonchev–Trinajstić information content (AvgIpc) is 3.09. The highest BCUT2D eigenvalue weighted by Crippen LogP contribution is 2.22. The predicted octanol–water partition coefficient (Wildman–Crippen LogP) is 3.73. The van der Waals surface area contributed by atoms with Gasteiger partial charge in [-0.05, 0) is 24.3 Å². The largest absolute Gasteiger partial charge is 0.265 e. The average molecular weight is 298 g/mol. The quantitative estimate of drug-likeness (QED) is 0.811. The fourth-order valence-electron chi connectivity index (χ4n) is 2.52. The van der Waals surface area contributed by atoms with E-state index in [1.54, 1.807) is 24.3 Å². The van der Waals surface area contributed by atoms with Crippen LogP contribution in [0.4, 0.5) is 5.69 Å². The minimum Gasteiger partial charge on any atom is -0.265 e. The Bertz CT molecular complexity index is 851. The highest BCUT2D eigenvalue weighted by molar-refractivity contribution is 6.05. The molecule has 0 N–H and O–H groups in total. The zero-order valence-electron chi connectivity index (χ0n) is 12.5. The summed E-state index contributed by atoms with van der Waals surface area (Å²) in [5.41, 5.74) is 3.50. The molecule has 0 saturated heterocycles. The van der Waals surface area contributed by atoms with E-state index in [0.29, 0.717) is 16.7 Å². The normalized spacial score (nSPS) is 14.1. The van der Waals surface area contributed by atoms with E-state index in [9.17, 15) is 10.5 Å². The second-order valence-corrected chi connectivity index (χ2v) is 5.13. The van der Waals surface area contributed by atoms with Crippen LogP contribution in [-0.4, -0.2) is 12.3 Å². The van der Waals surface area contributed by atoms with Crippen LogP contribution >= 0.6 is 0 Å². The molecule has 0 spiro atoms. The summed E-state index contributed by atoms with van der Waals surface area (Å²) in [4.78, 5) is 0. The van der Waals surface area contributed by atoms with E-state index < -0.39 is 0 Å². The van der Waals surface area contributed by atoms with Gasteiger partial charge in [0.05, 0.1) is 34.7 Å². The summed E-state index contributed by atoms with van der Waals surface area (Å²) >= 11 is 0. The lowest BCUT2D eigenvalue weighted by atomic mass is 10.00. The fraction of sp³-hybridized carbons (Fsp3) is 0.105. The van der Waals surface area contributed by atoms with Crippen LogP contribution in [0.5, 0.6) is 0 Å². The molecule has 2 aromatic carbocycles. The molecule has 0 aliphatic carbocycles. The Morgan fingerprint density at radius 3 is 2.52 bits per heavy atom. The molecule has 0 saturated carbocycles. The lowest BCUT2D eigenvalue weighted by molar-refractivity contribution is 0.922. The molecule has 0 atom stereocenters. The maximum Gasteiger partial charge on any atom is 0.0999 e. The van der Waals surface area contributed by atoms with Gasteiger partial charge < -0.3 is 0 Å². The minimum atomic E-state index is 0.468. The predicted molar refractivity (Wildman–Crippen MR) is 90.6 cm³/mol. The molecule has 1 aliphatic heterocycles. The molecule has 0 unspecified atom stereocenters. The van der Waals surface area contributed by atoms with E-state index in [1.165, 1.54) is 0 Å². The number of para-hydroxylation sites is 1. The minimum absolute atomic E-state index is 0.468. The Morgan fingerprint density at radius 2 is 1.78 bits per heavy atom. The molecule has 1 aliphatic rings. The Balaban J connectivity index is 1.91. The lowest BCUT2D eigenvalue weighted by Crippen LogP contribution is -2.11. The Morgan fingerprint density at radius 1 is 1.04 bits per heavy atom. The SMILES string of the molecule is N#C/C(=C/C1=NN(c2ccccc2)CC1)c1ccccc1C#N. The van der Waals surface area contributed by atoms with Crippen LogP contribution in [0.2, 0.25) is 0 Å². The van der Waals surface area contributed by atoms with E-state index in [-0.39, 0.29) is 0 Å². The molecule has 0 amide bonds. The molecule has 4 nitrogen and oxygen atoms in total. The number of hydrazone groups is 1. The molecule has 3 rings (SSSR count). The highest BCUT2D eigenvalue weighted by Gasteiger charge is 2.16. The summed E-state index contributed by atoms with van der Waals surface area (Å²) in [6, 6.07) is 21.4. The Kier molecular flexibility index (Phi) is 4.18. The van der Waals surface area contributed by atoms with Gasteiger partial charge in [-0.15, -0.1) is 0 Å². The number of hydrogen-bond donors (Lipinski definition) is 0. The van der Waals surface area contributed by atoms with Gasteiger partial charge in [-0.3, -0.25) is 5.01 Å². The van der Waals surface area contributed by atoms with Gasteiger partial charge in [0.15, 0.2) is 0 Å². The molecule has 110 valence electrons. The van der Waals surface area contributed by atoms with Gasteiger partial charge >= 0.3 is 0 Å². The number of nitrogens with zero attached hydrogens (tertiary/aromatic N) is 4. The standard InChI is InChI=1S/C19H14N4/c20-13-15-6-4-5-9-19(15)16(14-21)12-17-10-11-23(22-17)18-7-2-1-3-8-18/h1-9,12H,10-11H2/b16-12-. The highest BCUT2D eigenvalue weighted by atomic mass is 15.5. The van der Waals surface area contributed by atoms with E-state index in [2.05, 4.69) is 17.2 Å². The first-order valence-electron chi connectivity index (χ1n) is 7.33. The van der Waals surface area contributed by atoms with Crippen LogP contribution in [0, 0.1) is 22.7 Å². The van der Waals surface area contributed by atoms with Gasteiger partial charge in [0.1, 0.15) is 0 Å². The van der Waals surface area contributed by atoms with Crippen LogP contribution < -0.4 is 5.01 Å². The van der Waals surface area contributed by atoms with Crippen molar-refractivity contribution in [3.8, 4) is 12.1 Å². The van der Waals surface area contributed by atoms with Crippen molar-refractivity contribution >= 4 is 17.0 Å². The van der Waals surface area contributed by atoms with Crippen molar-refractivity contribution in [2.45, 2.75) is 6.42 Å². The smallest absolute Gasteiger partial charge is 0.0999 e. The number of nitriles is 2. The van der Waals surface area contributed by atoms with Crippen LogP contribution in [-0.2, 0) is 0 Å². The molecular formula is C19H14N4. The van der Waals surface area contributed by atoms with Crippen molar-refractivity contribution in [2.24, 2.45) is 5.10 Å². The first-order valence-corrected chi connectivity index (χ1v) is 7.33. The first-order chi connectivity index (χ1) is 11.3. The first kappa shape index (κ1) is 14.6. The molecule has 0 radical (unpaired) electrons. The van der Waals surface area contributed by atoms with Gasteiger partial charge in [0.2, 0.25) is 0 Å². The topological polar surface area (TPSA) is 63.2 Å². The lowest BCUT2D eigenvalue weighted by Gasteiger charge is -2.12. The maximum atomic E-state index is 9.45. The third kappa shape index (κ3) is 3.12. The van der Waals surface area contributed by atoms with Crippen molar-refractivity contribution in [2.75, 3.05) is 11.6 Å². The molecule has 4 heteroatoms. The third-order valence-electron chi connectivity index (χ3n) is 3.65. The summed E-state index contributed by atoms with van der Waals surface area (Å²) < 4.78 is 0. The summed E-state index contributed by atoms with van der Waals surface area (Å²) in [6.45, 7) is 0.786. The van der Waals surface area contributed by atoms with Crippen molar-refractivity contribution in [3.05, 3.63) is 71.8 Å². The van der Waals surface area contributed by atoms with Crippen LogP contribution in [0.3, 0.4) is 0 Å². The summed E-state index contributed by atoms with van der Waals surface area (Å²) in [7, 11) is 0. The second kappa shape index (κ2) is 6.60. The van der Waals surface area contributed by atoms with Crippen molar-refractivity contribution < 1.29 is 0 Å². The van der Waals surface area contributed by atoms with Crippen molar-refractivity contribution in [1.82, 2.24) is 0 Å². The number of allylic oxidation sites excluding steroid dienone is 2. The molecule has 2 aromatic rings. The molecule has 0 bridgehead atoms.